The molecule has 3 rings (SSSR count). The van der Waals surface area contributed by atoms with E-state index in [0.29, 0.717) is 39.5 Å². The zero-order chi connectivity index (χ0) is 19.2. The van der Waals surface area contributed by atoms with Crippen molar-refractivity contribution in [2.24, 2.45) is 5.92 Å². The first-order chi connectivity index (χ1) is 12.1. The minimum absolute atomic E-state index is 0.00863. The van der Waals surface area contributed by atoms with E-state index in [-0.39, 0.29) is 18.2 Å². The van der Waals surface area contributed by atoms with Gasteiger partial charge in [0.15, 0.2) is 5.79 Å². The van der Waals surface area contributed by atoms with Crippen molar-refractivity contribution in [3.8, 4) is 0 Å². The summed E-state index contributed by atoms with van der Waals surface area (Å²) in [5.74, 6) is -2.17. The van der Waals surface area contributed by atoms with Crippen molar-refractivity contribution >= 4 is 11.8 Å². The molecule has 8 nitrogen and oxygen atoms in total. The minimum atomic E-state index is -1.11. The molecule has 0 aromatic rings. The van der Waals surface area contributed by atoms with Gasteiger partial charge in [0.25, 0.3) is 0 Å². The smallest absolute Gasteiger partial charge is 0.233 e. The summed E-state index contributed by atoms with van der Waals surface area (Å²) < 4.78 is 22.8. The molecular weight excluding hydrogens is 340 g/mol. The lowest BCUT2D eigenvalue weighted by Gasteiger charge is -2.39. The molecule has 0 N–H and O–H groups in total. The second-order valence-corrected chi connectivity index (χ2v) is 8.10. The van der Waals surface area contributed by atoms with Crippen LogP contribution in [0.5, 0.6) is 0 Å². The van der Waals surface area contributed by atoms with Crippen LogP contribution in [0, 0.1) is 5.92 Å². The van der Waals surface area contributed by atoms with Gasteiger partial charge in [-0.05, 0) is 34.6 Å². The van der Waals surface area contributed by atoms with E-state index in [1.54, 1.807) is 16.7 Å². The molecule has 0 unspecified atom stereocenters. The molecule has 0 radical (unpaired) electrons. The summed E-state index contributed by atoms with van der Waals surface area (Å²) in [6.07, 6.45) is 0.00863. The average Bonchev–Trinajstić information content (AvgIpc) is 3.23. The number of hydrogen-bond donors (Lipinski definition) is 0. The third kappa shape index (κ3) is 3.47. The lowest BCUT2D eigenvalue weighted by molar-refractivity contribution is -0.202. The molecule has 0 spiro atoms. The molecule has 3 saturated heterocycles. The summed E-state index contributed by atoms with van der Waals surface area (Å²) in [7, 11) is 0. The predicted octanol–water partition coefficient (Wildman–Crippen LogP) is 0.946. The molecule has 26 heavy (non-hydrogen) atoms. The van der Waals surface area contributed by atoms with Gasteiger partial charge in [-0.25, -0.2) is 0 Å². The molecule has 1 atom stereocenters. The highest BCUT2D eigenvalue weighted by molar-refractivity contribution is 5.87. The summed E-state index contributed by atoms with van der Waals surface area (Å²) in [5.41, 5.74) is -1.37. The minimum Gasteiger partial charge on any atom is -0.354 e. The fourth-order valence-corrected chi connectivity index (χ4v) is 3.97. The van der Waals surface area contributed by atoms with E-state index in [2.05, 4.69) is 0 Å². The largest absolute Gasteiger partial charge is 0.354 e. The van der Waals surface area contributed by atoms with Crippen molar-refractivity contribution in [3.63, 3.8) is 0 Å². The molecule has 2 amide bonds. The van der Waals surface area contributed by atoms with Crippen LogP contribution in [0.2, 0.25) is 0 Å². The average molecular weight is 370 g/mol. The molecular formula is C18H30N2O6. The van der Waals surface area contributed by atoms with Crippen molar-refractivity contribution in [3.05, 3.63) is 0 Å². The summed E-state index contributed by atoms with van der Waals surface area (Å²) in [5, 5.41) is 0. The normalized spacial score (nSPS) is 27.7. The van der Waals surface area contributed by atoms with Crippen molar-refractivity contribution in [2.45, 2.75) is 58.3 Å². The van der Waals surface area contributed by atoms with Crippen LogP contribution in [0.15, 0.2) is 0 Å². The number of carbonyl (C=O) groups is 2. The van der Waals surface area contributed by atoms with Crippen LogP contribution in [0.1, 0.15) is 41.0 Å². The SMILES string of the molecule is CC1([C@@H](CC(=O)N2CCOC2(C)C)C(=O)N2CCOC2(C)C)OCCO1. The van der Waals surface area contributed by atoms with E-state index in [9.17, 15) is 9.59 Å². The number of rotatable bonds is 4. The summed E-state index contributed by atoms with van der Waals surface area (Å²) in [6, 6.07) is 0. The van der Waals surface area contributed by atoms with Gasteiger partial charge >= 0.3 is 0 Å². The first-order valence-corrected chi connectivity index (χ1v) is 9.25. The quantitative estimate of drug-likeness (QED) is 0.733. The van der Waals surface area contributed by atoms with Crippen molar-refractivity contribution in [1.29, 1.82) is 0 Å². The fourth-order valence-electron chi connectivity index (χ4n) is 3.97. The van der Waals surface area contributed by atoms with E-state index >= 15 is 0 Å². The van der Waals surface area contributed by atoms with Gasteiger partial charge in [-0.15, -0.1) is 0 Å². The number of nitrogens with zero attached hydrogens (tertiary/aromatic N) is 2. The molecule has 148 valence electrons. The third-order valence-corrected chi connectivity index (χ3v) is 5.58. The fraction of sp³-hybridized carbons (Fsp3) is 0.889. The Bertz CT molecular complexity index is 570. The topological polar surface area (TPSA) is 77.5 Å². The molecule has 0 saturated carbocycles. The predicted molar refractivity (Wildman–Crippen MR) is 91.9 cm³/mol. The maximum atomic E-state index is 13.3. The zero-order valence-corrected chi connectivity index (χ0v) is 16.4. The Balaban J connectivity index is 1.82. The summed E-state index contributed by atoms with van der Waals surface area (Å²) in [4.78, 5) is 29.7. The molecule has 0 aliphatic carbocycles. The zero-order valence-electron chi connectivity index (χ0n) is 16.4. The van der Waals surface area contributed by atoms with Crippen molar-refractivity contribution in [1.82, 2.24) is 9.80 Å². The summed E-state index contributed by atoms with van der Waals surface area (Å²) >= 11 is 0. The van der Waals surface area contributed by atoms with Gasteiger partial charge in [0, 0.05) is 19.5 Å². The van der Waals surface area contributed by atoms with Gasteiger partial charge in [0.1, 0.15) is 17.4 Å². The third-order valence-electron chi connectivity index (χ3n) is 5.58. The van der Waals surface area contributed by atoms with E-state index in [1.807, 2.05) is 27.7 Å². The molecule has 3 aliphatic heterocycles. The monoisotopic (exact) mass is 370 g/mol. The lowest BCUT2D eigenvalue weighted by Crippen LogP contribution is -2.54. The molecule has 0 aromatic carbocycles. The Morgan fingerprint density at radius 3 is 1.77 bits per heavy atom. The van der Waals surface area contributed by atoms with Crippen LogP contribution < -0.4 is 0 Å². The Hall–Kier alpha value is -1.22. The second-order valence-electron chi connectivity index (χ2n) is 8.10. The van der Waals surface area contributed by atoms with Crippen LogP contribution in [-0.2, 0) is 28.5 Å². The number of ether oxygens (including phenoxy) is 4. The maximum Gasteiger partial charge on any atom is 0.233 e. The van der Waals surface area contributed by atoms with E-state index in [1.165, 1.54) is 0 Å². The Morgan fingerprint density at radius 1 is 0.808 bits per heavy atom. The highest BCUT2D eigenvalue weighted by Crippen LogP contribution is 2.36. The molecule has 3 aliphatic rings. The number of hydrogen-bond acceptors (Lipinski definition) is 6. The summed E-state index contributed by atoms with van der Waals surface area (Å²) in [6.45, 7) is 12.0. The number of amides is 2. The van der Waals surface area contributed by atoms with Crippen molar-refractivity contribution < 1.29 is 28.5 Å². The van der Waals surface area contributed by atoms with Gasteiger partial charge in [-0.3, -0.25) is 9.59 Å². The van der Waals surface area contributed by atoms with E-state index < -0.39 is 23.2 Å². The highest BCUT2D eigenvalue weighted by Gasteiger charge is 2.51. The van der Waals surface area contributed by atoms with Crippen LogP contribution in [0.25, 0.3) is 0 Å². The van der Waals surface area contributed by atoms with Crippen molar-refractivity contribution in [2.75, 3.05) is 39.5 Å². The molecule has 0 bridgehead atoms. The first kappa shape index (κ1) is 19.5. The Morgan fingerprint density at radius 2 is 1.31 bits per heavy atom. The molecule has 3 fully saturated rings. The lowest BCUT2D eigenvalue weighted by atomic mass is 9.92. The van der Waals surface area contributed by atoms with Gasteiger partial charge in [0.2, 0.25) is 11.8 Å². The standard InChI is InChI=1S/C18H30N2O6/c1-16(2)19(6-8-23-16)14(21)12-13(18(5)25-10-11-26-18)15(22)20-7-9-24-17(20,3)4/h13H,6-12H2,1-5H3/t13-/m0/s1. The van der Waals surface area contributed by atoms with Gasteiger partial charge in [0.05, 0.1) is 26.4 Å². The van der Waals surface area contributed by atoms with Crippen LogP contribution in [0.3, 0.4) is 0 Å². The molecule has 8 heteroatoms. The Labute approximate surface area is 154 Å². The molecule has 0 aromatic heterocycles. The van der Waals surface area contributed by atoms with Gasteiger partial charge < -0.3 is 28.7 Å². The van der Waals surface area contributed by atoms with Gasteiger partial charge in [-0.2, -0.15) is 0 Å². The van der Waals surface area contributed by atoms with Gasteiger partial charge in [-0.1, -0.05) is 0 Å². The number of carbonyl (C=O) groups excluding carboxylic acids is 2. The Kier molecular flexibility index (Phi) is 5.07. The van der Waals surface area contributed by atoms with Crippen LogP contribution in [-0.4, -0.2) is 78.4 Å². The van der Waals surface area contributed by atoms with E-state index in [4.69, 9.17) is 18.9 Å². The van der Waals surface area contributed by atoms with E-state index in [0.717, 1.165) is 0 Å². The van der Waals surface area contributed by atoms with Crippen LogP contribution in [0.4, 0.5) is 0 Å². The van der Waals surface area contributed by atoms with Crippen LogP contribution >= 0.6 is 0 Å². The highest BCUT2D eigenvalue weighted by atomic mass is 16.7. The molecule has 3 heterocycles. The first-order valence-electron chi connectivity index (χ1n) is 9.25. The second kappa shape index (κ2) is 6.74. The maximum absolute atomic E-state index is 13.3.